The molecule has 0 aliphatic carbocycles. The summed E-state index contributed by atoms with van der Waals surface area (Å²) in [6.07, 6.45) is 0. The summed E-state index contributed by atoms with van der Waals surface area (Å²) in [6, 6.07) is 0. The van der Waals surface area contributed by atoms with Crippen LogP contribution in [0, 0.1) is 0 Å². The molecule has 0 unspecified atom stereocenters. The molecule has 0 aromatic carbocycles. The number of morpholine rings is 1. The zero-order valence-corrected chi connectivity index (χ0v) is 12.0. The van der Waals surface area contributed by atoms with Crippen LogP contribution in [0.1, 0.15) is 6.92 Å². The molecule has 0 bridgehead atoms. The summed E-state index contributed by atoms with van der Waals surface area (Å²) in [6.45, 7) is 5.11. The molecule has 1 aromatic rings. The van der Waals surface area contributed by atoms with Gasteiger partial charge in [0, 0.05) is 19.6 Å². The van der Waals surface area contributed by atoms with E-state index in [1.807, 2.05) is 11.8 Å². The first-order chi connectivity index (χ1) is 9.60. The van der Waals surface area contributed by atoms with Crippen LogP contribution in [0.3, 0.4) is 0 Å². The van der Waals surface area contributed by atoms with Gasteiger partial charge in [-0.15, -0.1) is 0 Å². The third kappa shape index (κ3) is 3.67. The van der Waals surface area contributed by atoms with Gasteiger partial charge in [0.15, 0.2) is 0 Å². The Labute approximate surface area is 121 Å². The Morgan fingerprint density at radius 2 is 2.10 bits per heavy atom. The maximum atomic E-state index is 11.1. The number of nitrogens with two attached hydrogens (primary N) is 1. The fourth-order valence-corrected chi connectivity index (χ4v) is 2.04. The maximum Gasteiger partial charge on any atom is 0.237 e. The standard InChI is InChI=1S/C11H17ClN6O2/c1-2-17(7-8(13)19)10-14-9(12)15-11(16-10)18-3-5-20-6-4-18/h2-7H2,1H3,(H2,13,19). The number of anilines is 2. The molecule has 1 fully saturated rings. The smallest absolute Gasteiger partial charge is 0.237 e. The molecule has 0 atom stereocenters. The summed E-state index contributed by atoms with van der Waals surface area (Å²) in [4.78, 5) is 27.2. The molecule has 1 saturated heterocycles. The van der Waals surface area contributed by atoms with Crippen LogP contribution in [-0.4, -0.2) is 60.3 Å². The van der Waals surface area contributed by atoms with E-state index in [2.05, 4.69) is 15.0 Å². The van der Waals surface area contributed by atoms with Gasteiger partial charge in [-0.05, 0) is 18.5 Å². The lowest BCUT2D eigenvalue weighted by Crippen LogP contribution is -2.39. The minimum atomic E-state index is -0.448. The Morgan fingerprint density at radius 1 is 1.40 bits per heavy atom. The van der Waals surface area contributed by atoms with E-state index in [0.29, 0.717) is 44.7 Å². The van der Waals surface area contributed by atoms with Gasteiger partial charge in [-0.25, -0.2) is 0 Å². The van der Waals surface area contributed by atoms with Gasteiger partial charge in [-0.3, -0.25) is 4.79 Å². The number of likely N-dealkylation sites (N-methyl/N-ethyl adjacent to an activating group) is 1. The largest absolute Gasteiger partial charge is 0.378 e. The monoisotopic (exact) mass is 300 g/mol. The molecule has 20 heavy (non-hydrogen) atoms. The molecule has 9 heteroatoms. The average Bonchev–Trinajstić information content (AvgIpc) is 2.45. The molecular formula is C11H17ClN6O2. The van der Waals surface area contributed by atoms with E-state index in [9.17, 15) is 4.79 Å². The van der Waals surface area contributed by atoms with E-state index in [4.69, 9.17) is 22.1 Å². The van der Waals surface area contributed by atoms with Crippen LogP contribution in [0.4, 0.5) is 11.9 Å². The molecule has 1 aromatic heterocycles. The first kappa shape index (κ1) is 14.7. The third-order valence-electron chi connectivity index (χ3n) is 2.89. The van der Waals surface area contributed by atoms with Crippen molar-refractivity contribution in [2.45, 2.75) is 6.92 Å². The van der Waals surface area contributed by atoms with Crippen LogP contribution in [0.5, 0.6) is 0 Å². The molecule has 8 nitrogen and oxygen atoms in total. The fraction of sp³-hybridized carbons (Fsp3) is 0.636. The van der Waals surface area contributed by atoms with Gasteiger partial charge in [0.2, 0.25) is 23.1 Å². The predicted octanol–water partition coefficient (Wildman–Crippen LogP) is -0.327. The van der Waals surface area contributed by atoms with E-state index in [0.717, 1.165) is 0 Å². The van der Waals surface area contributed by atoms with Crippen molar-refractivity contribution in [3.63, 3.8) is 0 Å². The van der Waals surface area contributed by atoms with Crippen LogP contribution in [0.2, 0.25) is 5.28 Å². The van der Waals surface area contributed by atoms with Crippen molar-refractivity contribution in [3.05, 3.63) is 5.28 Å². The summed E-state index contributed by atoms with van der Waals surface area (Å²) in [7, 11) is 0. The second kappa shape index (κ2) is 6.67. The second-order valence-corrected chi connectivity index (χ2v) is 4.62. The number of hydrogen-bond acceptors (Lipinski definition) is 7. The van der Waals surface area contributed by atoms with Crippen LogP contribution in [-0.2, 0) is 9.53 Å². The summed E-state index contributed by atoms with van der Waals surface area (Å²) in [5.74, 6) is 0.398. The molecule has 1 amide bonds. The number of ether oxygens (including phenoxy) is 1. The Morgan fingerprint density at radius 3 is 2.70 bits per heavy atom. The van der Waals surface area contributed by atoms with Crippen molar-refractivity contribution in [2.75, 3.05) is 49.2 Å². The molecule has 0 spiro atoms. The number of halogens is 1. The van der Waals surface area contributed by atoms with Crippen LogP contribution < -0.4 is 15.5 Å². The number of carbonyl (C=O) groups excluding carboxylic acids is 1. The second-order valence-electron chi connectivity index (χ2n) is 4.28. The Hall–Kier alpha value is -1.67. The van der Waals surface area contributed by atoms with Gasteiger partial charge >= 0.3 is 0 Å². The molecule has 0 saturated carbocycles. The van der Waals surface area contributed by atoms with E-state index < -0.39 is 5.91 Å². The first-order valence-corrected chi connectivity index (χ1v) is 6.75. The van der Waals surface area contributed by atoms with Crippen LogP contribution in [0.15, 0.2) is 0 Å². The van der Waals surface area contributed by atoms with Gasteiger partial charge in [0.05, 0.1) is 19.8 Å². The normalized spacial score (nSPS) is 15.2. The zero-order valence-electron chi connectivity index (χ0n) is 11.3. The molecule has 1 aliphatic rings. The lowest BCUT2D eigenvalue weighted by atomic mass is 10.4. The highest BCUT2D eigenvalue weighted by Crippen LogP contribution is 2.17. The lowest BCUT2D eigenvalue weighted by Gasteiger charge is -2.27. The van der Waals surface area contributed by atoms with Crippen molar-refractivity contribution in [1.29, 1.82) is 0 Å². The van der Waals surface area contributed by atoms with Crippen LogP contribution in [0.25, 0.3) is 0 Å². The first-order valence-electron chi connectivity index (χ1n) is 6.37. The number of primary amides is 1. The van der Waals surface area contributed by atoms with E-state index >= 15 is 0 Å². The highest BCUT2D eigenvalue weighted by Gasteiger charge is 2.18. The number of aromatic nitrogens is 3. The summed E-state index contributed by atoms with van der Waals surface area (Å²) >= 11 is 5.94. The average molecular weight is 301 g/mol. The van der Waals surface area contributed by atoms with E-state index in [1.165, 1.54) is 0 Å². The molecule has 2 rings (SSSR count). The predicted molar refractivity (Wildman–Crippen MR) is 75.0 cm³/mol. The van der Waals surface area contributed by atoms with Crippen molar-refractivity contribution >= 4 is 29.4 Å². The Kier molecular flexibility index (Phi) is 4.91. The Bertz CT molecular complexity index is 480. The maximum absolute atomic E-state index is 11.1. The van der Waals surface area contributed by atoms with Gasteiger partial charge in [-0.1, -0.05) is 0 Å². The molecule has 0 radical (unpaired) electrons. The summed E-state index contributed by atoms with van der Waals surface area (Å²) in [5, 5.41) is 0.0967. The summed E-state index contributed by atoms with van der Waals surface area (Å²) in [5.41, 5.74) is 5.21. The van der Waals surface area contributed by atoms with Gasteiger partial charge in [-0.2, -0.15) is 15.0 Å². The van der Waals surface area contributed by atoms with Crippen molar-refractivity contribution in [3.8, 4) is 0 Å². The van der Waals surface area contributed by atoms with Gasteiger partial charge < -0.3 is 20.3 Å². The number of rotatable bonds is 5. The zero-order chi connectivity index (χ0) is 14.5. The molecule has 1 aliphatic heterocycles. The number of carbonyl (C=O) groups is 1. The highest BCUT2D eigenvalue weighted by molar-refractivity contribution is 6.28. The quantitative estimate of drug-likeness (QED) is 0.795. The number of nitrogens with zero attached hydrogens (tertiary/aromatic N) is 5. The van der Waals surface area contributed by atoms with Gasteiger partial charge in [0.1, 0.15) is 0 Å². The van der Waals surface area contributed by atoms with Crippen molar-refractivity contribution in [2.24, 2.45) is 5.73 Å². The lowest BCUT2D eigenvalue weighted by molar-refractivity contribution is -0.116. The topological polar surface area (TPSA) is 97.5 Å². The Balaban J connectivity index is 2.24. The van der Waals surface area contributed by atoms with Gasteiger partial charge in [0.25, 0.3) is 0 Å². The third-order valence-corrected chi connectivity index (χ3v) is 3.06. The highest BCUT2D eigenvalue weighted by atomic mass is 35.5. The van der Waals surface area contributed by atoms with E-state index in [-0.39, 0.29) is 11.8 Å². The molecule has 110 valence electrons. The van der Waals surface area contributed by atoms with Crippen LogP contribution >= 0.6 is 11.6 Å². The van der Waals surface area contributed by atoms with Crippen molar-refractivity contribution < 1.29 is 9.53 Å². The minimum Gasteiger partial charge on any atom is -0.378 e. The fourth-order valence-electron chi connectivity index (χ4n) is 1.89. The molecule has 2 N–H and O–H groups in total. The van der Waals surface area contributed by atoms with E-state index in [1.54, 1.807) is 4.90 Å². The SMILES string of the molecule is CCN(CC(N)=O)c1nc(Cl)nc(N2CCOCC2)n1. The van der Waals surface area contributed by atoms with Crippen molar-refractivity contribution in [1.82, 2.24) is 15.0 Å². The summed E-state index contributed by atoms with van der Waals surface area (Å²) < 4.78 is 5.29. The molecular weight excluding hydrogens is 284 g/mol. The number of amides is 1. The minimum absolute atomic E-state index is 0.0411. The molecule has 2 heterocycles. The number of hydrogen-bond donors (Lipinski definition) is 1.